The van der Waals surface area contributed by atoms with Gasteiger partial charge in [0.15, 0.2) is 0 Å². The van der Waals surface area contributed by atoms with Crippen LogP contribution in [-0.2, 0) is 0 Å². The molecule has 16 aromatic carbocycles. The molecule has 0 N–H and O–H groups in total. The van der Waals surface area contributed by atoms with E-state index in [1.165, 1.54) is 32.7 Å². The highest BCUT2D eigenvalue weighted by molar-refractivity contribution is 6.25. The van der Waals surface area contributed by atoms with Gasteiger partial charge in [-0.25, -0.2) is 0 Å². The summed E-state index contributed by atoms with van der Waals surface area (Å²) >= 11 is 0. The molecule has 92 heavy (non-hydrogen) atoms. The smallest absolute Gasteiger partial charge is 0.0620 e. The number of anilines is 12. The molecule has 0 saturated heterocycles. The topological polar surface area (TPSA) is 13.0 Å². The molecule has 0 saturated carbocycles. The van der Waals surface area contributed by atoms with Crippen LogP contribution in [0.4, 0.5) is 68.2 Å². The fourth-order valence-corrected chi connectivity index (χ4v) is 13.7. The summed E-state index contributed by atoms with van der Waals surface area (Å²) in [5.74, 6) is 0. The SMILES string of the molecule is c1ccc(-c2c3ccc(N(c4ccccc4)c4cccc(-c5ccc6c(N(c7ccccc7)c7ccccc7)c7ccccc7c(N(c7ccccc7)c7ccccc7)c6c5)c4)cc3c(-c3ccccc3)c3ccc(N(c4ccccc4)c4ccccc4)cc23)cc1. The van der Waals surface area contributed by atoms with Crippen molar-refractivity contribution in [3.63, 3.8) is 0 Å². The van der Waals surface area contributed by atoms with Crippen molar-refractivity contribution >= 4 is 111 Å². The summed E-state index contributed by atoms with van der Waals surface area (Å²) in [7, 11) is 0. The molecule has 0 aromatic heterocycles. The molecule has 0 spiro atoms. The van der Waals surface area contributed by atoms with Crippen molar-refractivity contribution in [2.24, 2.45) is 0 Å². The maximum Gasteiger partial charge on any atom is 0.0620 e. The summed E-state index contributed by atoms with van der Waals surface area (Å²) in [6.45, 7) is 0. The first-order valence-corrected chi connectivity index (χ1v) is 31.5. The molecule has 16 aromatic rings. The molecule has 0 amide bonds. The van der Waals surface area contributed by atoms with Crippen LogP contribution in [0.2, 0.25) is 0 Å². The Balaban J connectivity index is 0.918. The molecule has 0 radical (unpaired) electrons. The van der Waals surface area contributed by atoms with Crippen LogP contribution in [0.5, 0.6) is 0 Å². The van der Waals surface area contributed by atoms with Gasteiger partial charge >= 0.3 is 0 Å². The van der Waals surface area contributed by atoms with Gasteiger partial charge in [-0.15, -0.1) is 0 Å². The minimum atomic E-state index is 1.04. The van der Waals surface area contributed by atoms with Gasteiger partial charge in [-0.05, 0) is 182 Å². The second kappa shape index (κ2) is 24.4. The Bertz CT molecular complexity index is 5130. The predicted molar refractivity (Wildman–Crippen MR) is 392 cm³/mol. The Hall–Kier alpha value is -12.2. The van der Waals surface area contributed by atoms with Crippen molar-refractivity contribution < 1.29 is 0 Å². The van der Waals surface area contributed by atoms with Crippen LogP contribution in [0.25, 0.3) is 76.5 Å². The number of rotatable bonds is 15. The van der Waals surface area contributed by atoms with E-state index in [1.54, 1.807) is 0 Å². The van der Waals surface area contributed by atoms with Gasteiger partial charge in [-0.1, -0.05) is 249 Å². The van der Waals surface area contributed by atoms with E-state index in [0.717, 1.165) is 112 Å². The molecule has 4 heteroatoms. The molecule has 0 fully saturated rings. The predicted octanol–water partition coefficient (Wildman–Crippen LogP) is 25.2. The summed E-state index contributed by atoms with van der Waals surface area (Å²) in [6.07, 6.45) is 0. The second-order valence-corrected chi connectivity index (χ2v) is 23.2. The highest BCUT2D eigenvalue weighted by atomic mass is 15.2. The third kappa shape index (κ3) is 10.2. The van der Waals surface area contributed by atoms with E-state index in [4.69, 9.17) is 0 Å². The molecular weight excluding hydrogens is 1110 g/mol. The zero-order valence-corrected chi connectivity index (χ0v) is 50.6. The fourth-order valence-electron chi connectivity index (χ4n) is 13.7. The third-order valence-corrected chi connectivity index (χ3v) is 17.7. The molecule has 0 aliphatic rings. The van der Waals surface area contributed by atoms with E-state index in [-0.39, 0.29) is 0 Å². The van der Waals surface area contributed by atoms with E-state index in [1.807, 2.05) is 0 Å². The molecule has 0 unspecified atom stereocenters. The summed E-state index contributed by atoms with van der Waals surface area (Å²) < 4.78 is 0. The van der Waals surface area contributed by atoms with Crippen molar-refractivity contribution in [1.82, 2.24) is 0 Å². The Kier molecular flexibility index (Phi) is 14.6. The Morgan fingerprint density at radius 3 is 0.772 bits per heavy atom. The Labute approximate surface area is 537 Å². The van der Waals surface area contributed by atoms with E-state index < -0.39 is 0 Å². The van der Waals surface area contributed by atoms with Gasteiger partial charge < -0.3 is 19.6 Å². The van der Waals surface area contributed by atoms with Crippen molar-refractivity contribution in [3.8, 4) is 33.4 Å². The number of benzene rings is 16. The van der Waals surface area contributed by atoms with Gasteiger partial charge in [-0.3, -0.25) is 0 Å². The van der Waals surface area contributed by atoms with E-state index in [0.29, 0.717) is 0 Å². The zero-order valence-electron chi connectivity index (χ0n) is 50.6. The highest BCUT2D eigenvalue weighted by Crippen LogP contribution is 2.53. The maximum atomic E-state index is 2.44. The van der Waals surface area contributed by atoms with Crippen LogP contribution < -0.4 is 19.6 Å². The van der Waals surface area contributed by atoms with E-state index >= 15 is 0 Å². The van der Waals surface area contributed by atoms with Gasteiger partial charge in [-0.2, -0.15) is 0 Å². The van der Waals surface area contributed by atoms with Crippen molar-refractivity contribution in [3.05, 3.63) is 376 Å². The summed E-state index contributed by atoms with van der Waals surface area (Å²) in [5, 5.41) is 9.23. The molecule has 434 valence electrons. The summed E-state index contributed by atoms with van der Waals surface area (Å²) in [5.41, 5.74) is 19.8. The van der Waals surface area contributed by atoms with Gasteiger partial charge in [0.05, 0.1) is 11.4 Å². The molecule has 0 aliphatic heterocycles. The third-order valence-electron chi connectivity index (χ3n) is 17.7. The largest absolute Gasteiger partial charge is 0.310 e. The standard InChI is InChI=1S/C88H62N4/c1-10-31-63(32-11-1)85-78-58-55-76(62-83(78)86(64-33-12-2-13-34-64)77-57-54-75(61-82(77)85)89(67-36-14-3-15-37-67)68-38-16-4-17-39-68)90(69-40-18-5-19-41-69)74-50-30-35-65(59-74)66-53-56-81-84(60-66)88(92(72-46-24-8-25-47-72)73-48-26-9-27-49-73)80-52-29-28-51-79(80)87(81)91(70-42-20-6-21-43-70)71-44-22-7-23-45-71/h1-62H. The molecule has 0 heterocycles. The minimum absolute atomic E-state index is 1.04. The molecule has 0 atom stereocenters. The first kappa shape index (κ1) is 55.1. The van der Waals surface area contributed by atoms with E-state index in [2.05, 4.69) is 396 Å². The molecule has 4 nitrogen and oxygen atoms in total. The van der Waals surface area contributed by atoms with Crippen molar-refractivity contribution in [2.45, 2.75) is 0 Å². The molecular formula is C88H62N4. The fraction of sp³-hybridized carbons (Fsp3) is 0. The first-order chi connectivity index (χ1) is 45.7. The van der Waals surface area contributed by atoms with Gasteiger partial charge in [0.1, 0.15) is 0 Å². The number of fused-ring (bicyclic) bond motifs is 4. The first-order valence-electron chi connectivity index (χ1n) is 31.5. The van der Waals surface area contributed by atoms with Crippen molar-refractivity contribution in [2.75, 3.05) is 19.6 Å². The zero-order chi connectivity index (χ0) is 61.2. The average molecular weight is 1180 g/mol. The van der Waals surface area contributed by atoms with Gasteiger partial charge in [0, 0.05) is 78.4 Å². The van der Waals surface area contributed by atoms with E-state index in [9.17, 15) is 0 Å². The van der Waals surface area contributed by atoms with Crippen LogP contribution in [-0.4, -0.2) is 0 Å². The number of hydrogen-bond donors (Lipinski definition) is 0. The minimum Gasteiger partial charge on any atom is -0.310 e. The quantitative estimate of drug-likeness (QED) is 0.0749. The lowest BCUT2D eigenvalue weighted by Crippen LogP contribution is -2.14. The Morgan fingerprint density at radius 1 is 0.130 bits per heavy atom. The van der Waals surface area contributed by atoms with Crippen molar-refractivity contribution in [1.29, 1.82) is 0 Å². The molecule has 0 aliphatic carbocycles. The monoisotopic (exact) mass is 1170 g/mol. The van der Waals surface area contributed by atoms with Crippen LogP contribution in [0, 0.1) is 0 Å². The number of para-hydroxylation sites is 7. The van der Waals surface area contributed by atoms with Crippen LogP contribution in [0.15, 0.2) is 376 Å². The maximum absolute atomic E-state index is 2.44. The lowest BCUT2D eigenvalue weighted by Gasteiger charge is -2.33. The average Bonchev–Trinajstić information content (AvgIpc) is 0.753. The molecule has 0 bridgehead atoms. The second-order valence-electron chi connectivity index (χ2n) is 23.2. The van der Waals surface area contributed by atoms with Crippen LogP contribution in [0.1, 0.15) is 0 Å². The number of nitrogens with zero attached hydrogens (tertiary/aromatic N) is 4. The number of hydrogen-bond acceptors (Lipinski definition) is 4. The van der Waals surface area contributed by atoms with Crippen LogP contribution in [0.3, 0.4) is 0 Å². The molecule has 16 rings (SSSR count). The van der Waals surface area contributed by atoms with Gasteiger partial charge in [0.2, 0.25) is 0 Å². The summed E-state index contributed by atoms with van der Waals surface area (Å²) in [4.78, 5) is 9.66. The lowest BCUT2D eigenvalue weighted by molar-refractivity contribution is 1.29. The Morgan fingerprint density at radius 2 is 0.391 bits per heavy atom. The van der Waals surface area contributed by atoms with Gasteiger partial charge in [0.25, 0.3) is 0 Å². The normalized spacial score (nSPS) is 11.3. The van der Waals surface area contributed by atoms with Crippen LogP contribution >= 0.6 is 0 Å². The summed E-state index contributed by atoms with van der Waals surface area (Å²) in [6, 6.07) is 137. The lowest BCUT2D eigenvalue weighted by atomic mass is 9.85. The highest BCUT2D eigenvalue weighted by Gasteiger charge is 2.27.